The van der Waals surface area contributed by atoms with Crippen molar-refractivity contribution < 1.29 is 9.59 Å². The topological polar surface area (TPSA) is 79.3 Å². The van der Waals surface area contributed by atoms with Crippen LogP contribution in [0.25, 0.3) is 11.0 Å². The quantitative estimate of drug-likeness (QED) is 0.647. The lowest BCUT2D eigenvalue weighted by Crippen LogP contribution is -2.31. The number of halogens is 1. The molecule has 0 atom stereocenters. The Balaban J connectivity index is 1.34. The highest BCUT2D eigenvalue weighted by atomic mass is 35.5. The molecule has 1 fully saturated rings. The average molecular weight is 426 g/mol. The number of urea groups is 1. The van der Waals surface area contributed by atoms with Gasteiger partial charge in [-0.05, 0) is 55.7 Å². The molecule has 30 heavy (non-hydrogen) atoms. The number of carbonyl (C=O) groups excluding carboxylic acids is 2. The highest BCUT2D eigenvalue weighted by Crippen LogP contribution is 2.20. The van der Waals surface area contributed by atoms with E-state index in [1.807, 2.05) is 46.7 Å². The van der Waals surface area contributed by atoms with Gasteiger partial charge in [0.05, 0.1) is 17.4 Å². The number of carbonyl (C=O) groups is 2. The van der Waals surface area contributed by atoms with E-state index in [2.05, 4.69) is 15.6 Å². The molecule has 0 aliphatic carbocycles. The van der Waals surface area contributed by atoms with E-state index in [1.165, 1.54) is 0 Å². The second-order valence-corrected chi connectivity index (χ2v) is 7.89. The van der Waals surface area contributed by atoms with Gasteiger partial charge in [0.2, 0.25) is 0 Å². The van der Waals surface area contributed by atoms with Gasteiger partial charge < -0.3 is 20.1 Å². The first-order valence-electron chi connectivity index (χ1n) is 10.1. The molecule has 1 saturated heterocycles. The average Bonchev–Trinajstić information content (AvgIpc) is 3.40. The molecule has 0 saturated carbocycles. The van der Waals surface area contributed by atoms with Crippen molar-refractivity contribution in [1.82, 2.24) is 19.8 Å². The summed E-state index contributed by atoms with van der Waals surface area (Å²) in [6.07, 6.45) is 3.87. The Morgan fingerprint density at radius 1 is 1.13 bits per heavy atom. The molecule has 2 heterocycles. The molecule has 2 aromatic carbocycles. The largest absolute Gasteiger partial charge is 0.339 e. The molecule has 3 amide bonds. The van der Waals surface area contributed by atoms with Crippen molar-refractivity contribution in [2.45, 2.75) is 26.3 Å². The van der Waals surface area contributed by atoms with Gasteiger partial charge in [0.1, 0.15) is 0 Å². The van der Waals surface area contributed by atoms with Crippen molar-refractivity contribution in [2.75, 3.05) is 25.0 Å². The summed E-state index contributed by atoms with van der Waals surface area (Å²) in [5.41, 5.74) is 3.98. The van der Waals surface area contributed by atoms with Crippen LogP contribution < -0.4 is 10.6 Å². The lowest BCUT2D eigenvalue weighted by Gasteiger charge is -2.15. The van der Waals surface area contributed by atoms with Crippen LogP contribution >= 0.6 is 11.6 Å². The van der Waals surface area contributed by atoms with Crippen molar-refractivity contribution in [3.05, 3.63) is 58.9 Å². The number of aryl methyl sites for hydroxylation is 1. The molecular formula is C22H24ClN5O2. The van der Waals surface area contributed by atoms with E-state index in [-0.39, 0.29) is 11.9 Å². The third kappa shape index (κ3) is 4.41. The van der Waals surface area contributed by atoms with E-state index >= 15 is 0 Å². The maximum Gasteiger partial charge on any atom is 0.319 e. The zero-order valence-electron chi connectivity index (χ0n) is 16.8. The lowest BCUT2D eigenvalue weighted by atomic mass is 10.1. The Kier molecular flexibility index (Phi) is 5.90. The van der Waals surface area contributed by atoms with Gasteiger partial charge >= 0.3 is 6.03 Å². The van der Waals surface area contributed by atoms with Crippen LogP contribution in [0.5, 0.6) is 0 Å². The minimum atomic E-state index is -0.294. The molecule has 4 rings (SSSR count). The number of aromatic nitrogens is 2. The second kappa shape index (κ2) is 8.75. The van der Waals surface area contributed by atoms with Crippen LogP contribution in [0, 0.1) is 6.92 Å². The number of hydrogen-bond acceptors (Lipinski definition) is 3. The summed E-state index contributed by atoms with van der Waals surface area (Å²) in [4.78, 5) is 31.0. The van der Waals surface area contributed by atoms with E-state index in [1.54, 1.807) is 12.4 Å². The van der Waals surface area contributed by atoms with Gasteiger partial charge in [0.25, 0.3) is 5.91 Å². The fourth-order valence-electron chi connectivity index (χ4n) is 3.61. The highest BCUT2D eigenvalue weighted by molar-refractivity contribution is 6.31. The molecule has 2 N–H and O–H groups in total. The second-order valence-electron chi connectivity index (χ2n) is 7.49. The van der Waals surface area contributed by atoms with Crippen molar-refractivity contribution in [2.24, 2.45) is 0 Å². The van der Waals surface area contributed by atoms with Crippen molar-refractivity contribution in [3.63, 3.8) is 0 Å². The van der Waals surface area contributed by atoms with Crippen LogP contribution in [0.2, 0.25) is 5.02 Å². The summed E-state index contributed by atoms with van der Waals surface area (Å²) in [7, 11) is 0. The maximum absolute atomic E-state index is 12.6. The third-order valence-corrected chi connectivity index (χ3v) is 5.74. The van der Waals surface area contributed by atoms with Crippen molar-refractivity contribution >= 4 is 40.3 Å². The molecule has 3 aromatic rings. The van der Waals surface area contributed by atoms with E-state index in [0.717, 1.165) is 42.5 Å². The first kappa shape index (κ1) is 20.2. The number of anilines is 1. The molecule has 1 aliphatic heterocycles. The summed E-state index contributed by atoms with van der Waals surface area (Å²) >= 11 is 6.09. The lowest BCUT2D eigenvalue weighted by molar-refractivity contribution is 0.0793. The van der Waals surface area contributed by atoms with Gasteiger partial charge in [-0.1, -0.05) is 17.7 Å². The number of fused-ring (bicyclic) bond motifs is 1. The zero-order valence-corrected chi connectivity index (χ0v) is 17.6. The minimum Gasteiger partial charge on any atom is -0.339 e. The molecule has 0 spiro atoms. The van der Waals surface area contributed by atoms with E-state index in [0.29, 0.717) is 29.4 Å². The first-order valence-corrected chi connectivity index (χ1v) is 10.4. The van der Waals surface area contributed by atoms with Gasteiger partial charge in [-0.25, -0.2) is 9.78 Å². The van der Waals surface area contributed by atoms with Gasteiger partial charge in [0.15, 0.2) is 0 Å². The number of amides is 3. The molecule has 1 aliphatic rings. The minimum absolute atomic E-state index is 0.0681. The number of likely N-dealkylation sites (tertiary alicyclic amines) is 1. The summed E-state index contributed by atoms with van der Waals surface area (Å²) < 4.78 is 1.96. The van der Waals surface area contributed by atoms with Crippen LogP contribution in [0.3, 0.4) is 0 Å². The Hall–Kier alpha value is -3.06. The predicted octanol–water partition coefficient (Wildman–Crippen LogP) is 4.06. The van der Waals surface area contributed by atoms with Crippen LogP contribution in [0.15, 0.2) is 42.7 Å². The summed E-state index contributed by atoms with van der Waals surface area (Å²) in [5.74, 6) is 0.0681. The fraction of sp³-hybridized carbons (Fsp3) is 0.318. The smallest absolute Gasteiger partial charge is 0.319 e. The maximum atomic E-state index is 12.6. The monoisotopic (exact) mass is 425 g/mol. The Morgan fingerprint density at radius 3 is 2.70 bits per heavy atom. The number of nitrogens with one attached hydrogen (secondary N) is 2. The van der Waals surface area contributed by atoms with Crippen LogP contribution in [-0.4, -0.2) is 46.0 Å². The number of nitrogens with zero attached hydrogens (tertiary/aromatic N) is 3. The summed E-state index contributed by atoms with van der Waals surface area (Å²) in [6, 6.07) is 10.7. The molecule has 7 nitrogen and oxygen atoms in total. The van der Waals surface area contributed by atoms with Crippen LogP contribution in [-0.2, 0) is 6.54 Å². The van der Waals surface area contributed by atoms with Crippen molar-refractivity contribution in [3.8, 4) is 0 Å². The van der Waals surface area contributed by atoms with Gasteiger partial charge in [-0.2, -0.15) is 0 Å². The summed E-state index contributed by atoms with van der Waals surface area (Å²) in [5, 5.41) is 6.22. The molecule has 8 heteroatoms. The Morgan fingerprint density at radius 2 is 1.93 bits per heavy atom. The first-order chi connectivity index (χ1) is 14.5. The van der Waals surface area contributed by atoms with E-state index in [4.69, 9.17) is 11.6 Å². The third-order valence-electron chi connectivity index (χ3n) is 5.33. The standard InChI is InChI=1S/C22H24ClN5O2/c1-15-4-6-17(13-18(15)23)26-22(30)24-8-11-28-14-25-19-12-16(5-7-20(19)28)21(29)27-9-2-3-10-27/h4-7,12-14H,2-3,8-11H2,1H3,(H2,24,26,30). The normalized spacial score (nSPS) is 13.6. The van der Waals surface area contributed by atoms with E-state index < -0.39 is 0 Å². The fourth-order valence-corrected chi connectivity index (χ4v) is 3.79. The summed E-state index contributed by atoms with van der Waals surface area (Å²) in [6.45, 7) is 4.57. The van der Waals surface area contributed by atoms with Gasteiger partial charge in [-0.3, -0.25) is 4.79 Å². The molecule has 0 bridgehead atoms. The number of hydrogen-bond donors (Lipinski definition) is 2. The molecule has 1 aromatic heterocycles. The predicted molar refractivity (Wildman–Crippen MR) is 118 cm³/mol. The van der Waals surface area contributed by atoms with E-state index in [9.17, 15) is 9.59 Å². The number of imidazole rings is 1. The Labute approximate surface area is 180 Å². The zero-order chi connectivity index (χ0) is 21.1. The van der Waals surface area contributed by atoms with Gasteiger partial charge in [-0.15, -0.1) is 0 Å². The van der Waals surface area contributed by atoms with Crippen LogP contribution in [0.4, 0.5) is 10.5 Å². The molecule has 0 radical (unpaired) electrons. The molecule has 156 valence electrons. The Bertz CT molecular complexity index is 1090. The molecule has 0 unspecified atom stereocenters. The van der Waals surface area contributed by atoms with Crippen LogP contribution in [0.1, 0.15) is 28.8 Å². The number of rotatable bonds is 5. The highest BCUT2D eigenvalue weighted by Gasteiger charge is 2.20. The SMILES string of the molecule is Cc1ccc(NC(=O)NCCn2cnc3cc(C(=O)N4CCCC4)ccc32)cc1Cl. The number of benzene rings is 2. The van der Waals surface area contributed by atoms with Gasteiger partial charge in [0, 0.05) is 42.5 Å². The molecular weight excluding hydrogens is 402 g/mol. The van der Waals surface area contributed by atoms with Crippen molar-refractivity contribution in [1.29, 1.82) is 0 Å².